The number of carbonyl (C=O) groups is 1. The molecule has 9 heteroatoms. The Labute approximate surface area is 185 Å². The average molecular weight is 459 g/mol. The van der Waals surface area contributed by atoms with Crippen molar-refractivity contribution in [3.63, 3.8) is 0 Å². The van der Waals surface area contributed by atoms with Crippen LogP contribution in [0.2, 0.25) is 0 Å². The number of carbonyl (C=O) groups excluding carboxylic acids is 1. The van der Waals surface area contributed by atoms with Gasteiger partial charge in [0.1, 0.15) is 9.96 Å². The van der Waals surface area contributed by atoms with Crippen molar-refractivity contribution in [2.75, 3.05) is 31.6 Å². The van der Waals surface area contributed by atoms with Gasteiger partial charge < -0.3 is 14.8 Å². The Morgan fingerprint density at radius 3 is 2.48 bits per heavy atom. The Kier molecular flexibility index (Phi) is 6.67. The van der Waals surface area contributed by atoms with Crippen LogP contribution in [0.1, 0.15) is 4.88 Å². The van der Waals surface area contributed by atoms with E-state index in [1.165, 1.54) is 4.31 Å². The lowest BCUT2D eigenvalue weighted by Crippen LogP contribution is -2.40. The van der Waals surface area contributed by atoms with Gasteiger partial charge in [0.25, 0.3) is 10.0 Å². The molecular formula is C22H22N2O5S2. The van der Waals surface area contributed by atoms with Gasteiger partial charge in [0.05, 0.1) is 25.3 Å². The summed E-state index contributed by atoms with van der Waals surface area (Å²) in [6.45, 7) is 1.47. The monoisotopic (exact) mass is 458 g/mol. The highest BCUT2D eigenvalue weighted by Crippen LogP contribution is 2.30. The number of thiophene rings is 1. The number of para-hydroxylation sites is 3. The fourth-order valence-corrected chi connectivity index (χ4v) is 6.05. The normalized spacial score (nSPS) is 14.8. The number of nitrogens with one attached hydrogen (secondary N) is 1. The highest BCUT2D eigenvalue weighted by atomic mass is 32.2. The highest BCUT2D eigenvalue weighted by molar-refractivity contribution is 7.91. The molecule has 1 aromatic heterocycles. The van der Waals surface area contributed by atoms with E-state index in [9.17, 15) is 13.2 Å². The van der Waals surface area contributed by atoms with Gasteiger partial charge in [-0.15, -0.1) is 11.3 Å². The summed E-state index contributed by atoms with van der Waals surface area (Å²) in [6, 6.07) is 19.7. The van der Waals surface area contributed by atoms with E-state index < -0.39 is 10.0 Å². The molecule has 1 saturated heterocycles. The third kappa shape index (κ3) is 5.31. The third-order valence-electron chi connectivity index (χ3n) is 4.67. The molecule has 1 aliphatic rings. The lowest BCUT2D eigenvalue weighted by Gasteiger charge is -2.25. The molecule has 1 amide bonds. The SMILES string of the molecule is O=C(Cc1ccc(S(=O)(=O)N2CCOCC2)s1)Nc1ccccc1Oc1ccccc1. The molecule has 1 aliphatic heterocycles. The zero-order valence-electron chi connectivity index (χ0n) is 16.7. The molecule has 2 heterocycles. The van der Waals surface area contributed by atoms with E-state index in [1.54, 1.807) is 24.3 Å². The van der Waals surface area contributed by atoms with Crippen molar-refractivity contribution in [2.24, 2.45) is 0 Å². The molecule has 0 saturated carbocycles. The fraction of sp³-hybridized carbons (Fsp3) is 0.227. The largest absolute Gasteiger partial charge is 0.455 e. The maximum absolute atomic E-state index is 12.8. The summed E-state index contributed by atoms with van der Waals surface area (Å²) in [6.07, 6.45) is 0.0724. The van der Waals surface area contributed by atoms with Gasteiger partial charge in [-0.05, 0) is 36.4 Å². The summed E-state index contributed by atoms with van der Waals surface area (Å²) in [4.78, 5) is 13.3. The number of benzene rings is 2. The van der Waals surface area contributed by atoms with Gasteiger partial charge in [-0.1, -0.05) is 30.3 Å². The van der Waals surface area contributed by atoms with Crippen LogP contribution < -0.4 is 10.1 Å². The third-order valence-corrected chi connectivity index (χ3v) is 8.12. The number of nitrogens with zero attached hydrogens (tertiary/aromatic N) is 1. The summed E-state index contributed by atoms with van der Waals surface area (Å²) >= 11 is 1.12. The van der Waals surface area contributed by atoms with Gasteiger partial charge in [-0.25, -0.2) is 8.42 Å². The van der Waals surface area contributed by atoms with Crippen LogP contribution in [0.25, 0.3) is 0 Å². The number of morpholine rings is 1. The van der Waals surface area contributed by atoms with Gasteiger partial charge in [-0.2, -0.15) is 4.31 Å². The molecule has 0 atom stereocenters. The number of sulfonamides is 1. The lowest BCUT2D eigenvalue weighted by atomic mass is 10.2. The van der Waals surface area contributed by atoms with E-state index in [0.717, 1.165) is 11.3 Å². The minimum atomic E-state index is -3.56. The molecule has 7 nitrogen and oxygen atoms in total. The molecule has 0 radical (unpaired) electrons. The Bertz CT molecular complexity index is 1140. The minimum Gasteiger partial charge on any atom is -0.455 e. The van der Waals surface area contributed by atoms with E-state index in [2.05, 4.69) is 5.32 Å². The molecule has 4 rings (SSSR count). The van der Waals surface area contributed by atoms with Gasteiger partial charge in [0.15, 0.2) is 5.75 Å². The van der Waals surface area contributed by atoms with Gasteiger partial charge in [0, 0.05) is 18.0 Å². The number of ether oxygens (including phenoxy) is 2. The van der Waals surface area contributed by atoms with Crippen molar-refractivity contribution in [1.82, 2.24) is 4.31 Å². The number of hydrogen-bond donors (Lipinski definition) is 1. The van der Waals surface area contributed by atoms with Gasteiger partial charge >= 0.3 is 0 Å². The van der Waals surface area contributed by atoms with Gasteiger partial charge in [-0.3, -0.25) is 4.79 Å². The van der Waals surface area contributed by atoms with Crippen LogP contribution >= 0.6 is 11.3 Å². The molecule has 0 unspecified atom stereocenters. The summed E-state index contributed by atoms with van der Waals surface area (Å²) in [5.41, 5.74) is 0.550. The van der Waals surface area contributed by atoms with Crippen LogP contribution in [0, 0.1) is 0 Å². The van der Waals surface area contributed by atoms with Crippen molar-refractivity contribution in [3.8, 4) is 11.5 Å². The van der Waals surface area contributed by atoms with Crippen molar-refractivity contribution in [1.29, 1.82) is 0 Å². The number of rotatable bonds is 7. The first-order valence-electron chi connectivity index (χ1n) is 9.81. The second-order valence-electron chi connectivity index (χ2n) is 6.87. The zero-order chi connectivity index (χ0) is 21.7. The smallest absolute Gasteiger partial charge is 0.252 e. The summed E-state index contributed by atoms with van der Waals surface area (Å²) in [7, 11) is -3.56. The van der Waals surface area contributed by atoms with E-state index in [0.29, 0.717) is 48.4 Å². The Hall–Kier alpha value is -2.72. The molecule has 1 fully saturated rings. The highest BCUT2D eigenvalue weighted by Gasteiger charge is 2.28. The van der Waals surface area contributed by atoms with Crippen LogP contribution in [-0.2, 0) is 26.0 Å². The second-order valence-corrected chi connectivity index (χ2v) is 10.2. The van der Waals surface area contributed by atoms with E-state index in [1.807, 2.05) is 42.5 Å². The van der Waals surface area contributed by atoms with Crippen LogP contribution in [-0.4, -0.2) is 44.9 Å². The second kappa shape index (κ2) is 9.61. The molecular weight excluding hydrogens is 436 g/mol. The molecule has 0 bridgehead atoms. The number of hydrogen-bond acceptors (Lipinski definition) is 6. The van der Waals surface area contributed by atoms with E-state index in [4.69, 9.17) is 9.47 Å². The van der Waals surface area contributed by atoms with Crippen LogP contribution in [0.3, 0.4) is 0 Å². The van der Waals surface area contributed by atoms with Crippen molar-refractivity contribution >= 4 is 33.0 Å². The maximum atomic E-state index is 12.8. The zero-order valence-corrected chi connectivity index (χ0v) is 18.3. The lowest BCUT2D eigenvalue weighted by molar-refractivity contribution is -0.115. The molecule has 162 valence electrons. The first-order valence-corrected chi connectivity index (χ1v) is 12.1. The van der Waals surface area contributed by atoms with Gasteiger partial charge in [0.2, 0.25) is 5.91 Å². The van der Waals surface area contributed by atoms with Crippen molar-refractivity contribution in [3.05, 3.63) is 71.6 Å². The molecule has 0 spiro atoms. The van der Waals surface area contributed by atoms with Crippen LogP contribution in [0.4, 0.5) is 5.69 Å². The quantitative estimate of drug-likeness (QED) is 0.583. The number of amides is 1. The van der Waals surface area contributed by atoms with Crippen molar-refractivity contribution < 1.29 is 22.7 Å². The Balaban J connectivity index is 1.42. The molecule has 31 heavy (non-hydrogen) atoms. The minimum absolute atomic E-state index is 0.0724. The predicted octanol–water partition coefficient (Wildman–Crippen LogP) is 3.74. The fourth-order valence-electron chi connectivity index (χ4n) is 3.13. The Morgan fingerprint density at radius 1 is 1.00 bits per heavy atom. The van der Waals surface area contributed by atoms with E-state index >= 15 is 0 Å². The average Bonchev–Trinajstić information content (AvgIpc) is 3.26. The first-order chi connectivity index (χ1) is 15.0. The molecule has 3 aromatic rings. The molecule has 2 aromatic carbocycles. The molecule has 1 N–H and O–H groups in total. The number of anilines is 1. The first kappa shape index (κ1) is 21.5. The summed E-state index contributed by atoms with van der Waals surface area (Å²) in [5, 5.41) is 2.86. The summed E-state index contributed by atoms with van der Waals surface area (Å²) in [5.74, 6) is 0.950. The van der Waals surface area contributed by atoms with Crippen LogP contribution in [0.15, 0.2) is 70.9 Å². The predicted molar refractivity (Wildman–Crippen MR) is 119 cm³/mol. The summed E-state index contributed by atoms with van der Waals surface area (Å²) < 4.78 is 38.3. The van der Waals surface area contributed by atoms with E-state index in [-0.39, 0.29) is 16.5 Å². The Morgan fingerprint density at radius 2 is 1.71 bits per heavy atom. The van der Waals surface area contributed by atoms with Crippen LogP contribution in [0.5, 0.6) is 11.5 Å². The molecule has 0 aliphatic carbocycles. The topological polar surface area (TPSA) is 84.9 Å². The van der Waals surface area contributed by atoms with Crippen molar-refractivity contribution in [2.45, 2.75) is 10.6 Å². The standard InChI is InChI=1S/C22H22N2O5S2/c25-21(23-19-8-4-5-9-20(19)29-17-6-2-1-3-7-17)16-18-10-11-22(30-18)31(26,27)24-12-14-28-15-13-24/h1-11H,12-16H2,(H,23,25). The maximum Gasteiger partial charge on any atom is 0.252 e.